The van der Waals surface area contributed by atoms with E-state index < -0.39 is 0 Å². The summed E-state index contributed by atoms with van der Waals surface area (Å²) in [5, 5.41) is 16.1. The SMILES string of the molecule is O=c1[nH]nc(CO)c2cc(Br)ncc12. The molecule has 2 N–H and O–H groups in total. The summed E-state index contributed by atoms with van der Waals surface area (Å²) in [5.74, 6) is 0. The van der Waals surface area contributed by atoms with Gasteiger partial charge in [-0.1, -0.05) is 0 Å². The van der Waals surface area contributed by atoms with Gasteiger partial charge in [-0.25, -0.2) is 10.1 Å². The van der Waals surface area contributed by atoms with Gasteiger partial charge in [0.1, 0.15) is 4.60 Å². The largest absolute Gasteiger partial charge is 0.390 e. The van der Waals surface area contributed by atoms with Gasteiger partial charge >= 0.3 is 0 Å². The van der Waals surface area contributed by atoms with Crippen LogP contribution in [0, 0.1) is 0 Å². The molecule has 0 aliphatic rings. The van der Waals surface area contributed by atoms with Crippen molar-refractivity contribution in [3.05, 3.63) is 32.9 Å². The van der Waals surface area contributed by atoms with Crippen molar-refractivity contribution in [3.63, 3.8) is 0 Å². The fourth-order valence-corrected chi connectivity index (χ4v) is 1.54. The molecule has 2 rings (SSSR count). The molecule has 2 heterocycles. The van der Waals surface area contributed by atoms with Crippen molar-refractivity contribution in [1.82, 2.24) is 15.2 Å². The van der Waals surface area contributed by atoms with Crippen LogP contribution in [-0.2, 0) is 6.61 Å². The zero-order valence-electron chi connectivity index (χ0n) is 6.99. The molecule has 0 fully saturated rings. The van der Waals surface area contributed by atoms with Crippen LogP contribution in [0.3, 0.4) is 0 Å². The van der Waals surface area contributed by atoms with Crippen molar-refractivity contribution in [2.24, 2.45) is 0 Å². The first-order valence-corrected chi connectivity index (χ1v) is 4.65. The Morgan fingerprint density at radius 2 is 2.29 bits per heavy atom. The zero-order chi connectivity index (χ0) is 10.1. The Balaban J connectivity index is 2.92. The molecule has 0 atom stereocenters. The van der Waals surface area contributed by atoms with Crippen molar-refractivity contribution in [2.75, 3.05) is 0 Å². The Morgan fingerprint density at radius 3 is 3.00 bits per heavy atom. The topological polar surface area (TPSA) is 78.9 Å². The normalized spacial score (nSPS) is 10.7. The van der Waals surface area contributed by atoms with Crippen LogP contribution in [0.1, 0.15) is 5.69 Å². The van der Waals surface area contributed by atoms with Gasteiger partial charge in [0.2, 0.25) is 0 Å². The lowest BCUT2D eigenvalue weighted by molar-refractivity contribution is 0.277. The molecule has 2 aromatic rings. The van der Waals surface area contributed by atoms with Gasteiger partial charge < -0.3 is 5.11 Å². The highest BCUT2D eigenvalue weighted by molar-refractivity contribution is 9.10. The Labute approximate surface area is 86.9 Å². The molecule has 14 heavy (non-hydrogen) atoms. The lowest BCUT2D eigenvalue weighted by atomic mass is 10.2. The molecule has 0 saturated carbocycles. The van der Waals surface area contributed by atoms with Crippen molar-refractivity contribution < 1.29 is 5.11 Å². The van der Waals surface area contributed by atoms with E-state index in [1.807, 2.05) is 0 Å². The Kier molecular flexibility index (Phi) is 2.30. The summed E-state index contributed by atoms with van der Waals surface area (Å²) in [7, 11) is 0. The minimum absolute atomic E-state index is 0.219. The molecule has 0 aliphatic heterocycles. The molecule has 0 unspecified atom stereocenters. The fourth-order valence-electron chi connectivity index (χ4n) is 1.21. The van der Waals surface area contributed by atoms with Gasteiger partial charge in [-0.3, -0.25) is 4.79 Å². The monoisotopic (exact) mass is 255 g/mol. The number of aliphatic hydroxyl groups is 1. The van der Waals surface area contributed by atoms with Crippen LogP contribution in [0.15, 0.2) is 21.7 Å². The summed E-state index contributed by atoms with van der Waals surface area (Å²) in [6, 6.07) is 1.66. The highest BCUT2D eigenvalue weighted by Gasteiger charge is 2.06. The van der Waals surface area contributed by atoms with E-state index in [1.165, 1.54) is 6.20 Å². The van der Waals surface area contributed by atoms with Gasteiger partial charge in [-0.2, -0.15) is 5.10 Å². The summed E-state index contributed by atoms with van der Waals surface area (Å²) in [4.78, 5) is 15.2. The minimum atomic E-state index is -0.308. The first-order valence-electron chi connectivity index (χ1n) is 3.86. The van der Waals surface area contributed by atoms with E-state index in [4.69, 9.17) is 5.11 Å². The second-order valence-electron chi connectivity index (χ2n) is 2.71. The van der Waals surface area contributed by atoms with Crippen LogP contribution in [0.5, 0.6) is 0 Å². The molecule has 0 radical (unpaired) electrons. The van der Waals surface area contributed by atoms with Crippen molar-refractivity contribution in [3.8, 4) is 0 Å². The number of rotatable bonds is 1. The molecule has 0 bridgehead atoms. The molecule has 0 aliphatic carbocycles. The molecule has 0 aromatic carbocycles. The fraction of sp³-hybridized carbons (Fsp3) is 0.125. The van der Waals surface area contributed by atoms with Gasteiger partial charge in [-0.15, -0.1) is 0 Å². The molecular formula is C8H6BrN3O2. The highest BCUT2D eigenvalue weighted by Crippen LogP contribution is 2.16. The molecule has 6 heteroatoms. The van der Waals surface area contributed by atoms with Gasteiger partial charge in [-0.05, 0) is 22.0 Å². The van der Waals surface area contributed by atoms with Gasteiger partial charge in [0, 0.05) is 11.6 Å². The predicted molar refractivity (Wildman–Crippen MR) is 53.8 cm³/mol. The number of pyridine rings is 1. The van der Waals surface area contributed by atoms with Crippen LogP contribution in [-0.4, -0.2) is 20.3 Å². The van der Waals surface area contributed by atoms with Crippen LogP contribution < -0.4 is 5.56 Å². The van der Waals surface area contributed by atoms with Crippen molar-refractivity contribution in [2.45, 2.75) is 6.61 Å². The van der Waals surface area contributed by atoms with Crippen LogP contribution in [0.25, 0.3) is 10.8 Å². The number of H-pyrrole nitrogens is 1. The lowest BCUT2D eigenvalue weighted by Gasteiger charge is -2.01. The van der Waals surface area contributed by atoms with Crippen molar-refractivity contribution in [1.29, 1.82) is 0 Å². The number of fused-ring (bicyclic) bond motifs is 1. The molecule has 0 spiro atoms. The predicted octanol–water partition coefficient (Wildman–Crippen LogP) is 0.573. The second-order valence-corrected chi connectivity index (χ2v) is 3.52. The summed E-state index contributed by atoms with van der Waals surface area (Å²) in [6.45, 7) is -0.219. The van der Waals surface area contributed by atoms with E-state index in [1.54, 1.807) is 6.07 Å². The maximum absolute atomic E-state index is 11.3. The van der Waals surface area contributed by atoms with E-state index in [-0.39, 0.29) is 12.2 Å². The maximum atomic E-state index is 11.3. The highest BCUT2D eigenvalue weighted by atomic mass is 79.9. The Hall–Kier alpha value is -1.27. The lowest BCUT2D eigenvalue weighted by Crippen LogP contribution is -2.11. The number of aliphatic hydroxyl groups excluding tert-OH is 1. The van der Waals surface area contributed by atoms with E-state index in [0.717, 1.165) is 0 Å². The molecule has 0 saturated heterocycles. The van der Waals surface area contributed by atoms with E-state index in [9.17, 15) is 4.79 Å². The third kappa shape index (κ3) is 1.42. The average molecular weight is 256 g/mol. The minimum Gasteiger partial charge on any atom is -0.390 e. The molecule has 72 valence electrons. The molecular weight excluding hydrogens is 250 g/mol. The molecule has 2 aromatic heterocycles. The van der Waals surface area contributed by atoms with E-state index in [2.05, 4.69) is 31.1 Å². The summed E-state index contributed by atoms with van der Waals surface area (Å²) < 4.78 is 0.604. The number of hydrogen-bond donors (Lipinski definition) is 2. The number of hydrogen-bond acceptors (Lipinski definition) is 4. The van der Waals surface area contributed by atoms with Gasteiger partial charge in [0.05, 0.1) is 17.7 Å². The van der Waals surface area contributed by atoms with E-state index >= 15 is 0 Å². The number of halogens is 1. The smallest absolute Gasteiger partial charge is 0.273 e. The Bertz CT molecular complexity index is 538. The number of nitrogens with zero attached hydrogens (tertiary/aromatic N) is 2. The standard InChI is InChI=1S/C8H6BrN3O2/c9-7-1-4-5(2-10-7)8(14)12-11-6(4)3-13/h1-2,13H,3H2,(H,12,14). The third-order valence-electron chi connectivity index (χ3n) is 1.87. The maximum Gasteiger partial charge on any atom is 0.273 e. The van der Waals surface area contributed by atoms with Gasteiger partial charge in [0.25, 0.3) is 5.56 Å². The van der Waals surface area contributed by atoms with Gasteiger partial charge in [0.15, 0.2) is 0 Å². The summed E-state index contributed by atoms with van der Waals surface area (Å²) >= 11 is 3.19. The zero-order valence-corrected chi connectivity index (χ0v) is 8.58. The van der Waals surface area contributed by atoms with Crippen LogP contribution in [0.4, 0.5) is 0 Å². The van der Waals surface area contributed by atoms with E-state index in [0.29, 0.717) is 21.1 Å². The second kappa shape index (κ2) is 3.47. The first-order chi connectivity index (χ1) is 6.72. The molecule has 5 nitrogen and oxygen atoms in total. The summed E-state index contributed by atoms with van der Waals surface area (Å²) in [6.07, 6.45) is 1.44. The Morgan fingerprint density at radius 1 is 1.50 bits per heavy atom. The number of nitrogens with one attached hydrogen (secondary N) is 1. The van der Waals surface area contributed by atoms with Crippen molar-refractivity contribution >= 4 is 26.7 Å². The third-order valence-corrected chi connectivity index (χ3v) is 2.30. The number of aromatic amines is 1. The first kappa shape index (κ1) is 9.29. The quantitative estimate of drug-likeness (QED) is 0.731. The van der Waals surface area contributed by atoms with Crippen LogP contribution >= 0.6 is 15.9 Å². The molecule has 0 amide bonds. The number of aromatic nitrogens is 3. The summed E-state index contributed by atoms with van der Waals surface area (Å²) in [5.41, 5.74) is 0.125. The average Bonchev–Trinajstić information content (AvgIpc) is 2.18. The van der Waals surface area contributed by atoms with Crippen LogP contribution in [0.2, 0.25) is 0 Å².